The first-order chi connectivity index (χ1) is 10.7. The molecule has 23 heavy (non-hydrogen) atoms. The van der Waals surface area contributed by atoms with Crippen LogP contribution in [-0.4, -0.2) is 49.9 Å². The molecule has 2 aliphatic heterocycles. The zero-order valence-electron chi connectivity index (χ0n) is 14.3. The topological polar surface area (TPSA) is 68.0 Å². The van der Waals surface area contributed by atoms with Gasteiger partial charge in [-0.25, -0.2) is 4.79 Å². The van der Waals surface area contributed by atoms with Crippen molar-refractivity contribution in [1.29, 1.82) is 0 Å². The van der Waals surface area contributed by atoms with E-state index in [1.165, 1.54) is 0 Å². The van der Waals surface area contributed by atoms with Gasteiger partial charge in [-0.3, -0.25) is 0 Å². The number of hydrogen-bond acceptors (Lipinski definition) is 5. The molecule has 2 heterocycles. The van der Waals surface area contributed by atoms with E-state index >= 15 is 0 Å². The molecule has 0 atom stereocenters. The summed E-state index contributed by atoms with van der Waals surface area (Å²) in [6.45, 7) is 9.09. The second-order valence-corrected chi connectivity index (χ2v) is 7.62. The number of carbonyl (C=O) groups excluding carboxylic acids is 1. The Morgan fingerprint density at radius 1 is 1.22 bits per heavy atom. The van der Waals surface area contributed by atoms with Gasteiger partial charge in [0.1, 0.15) is 11.4 Å². The van der Waals surface area contributed by atoms with Crippen molar-refractivity contribution in [3.8, 4) is 5.75 Å². The fourth-order valence-electron chi connectivity index (χ4n) is 3.26. The monoisotopic (exact) mass is 319 g/mol. The smallest absolute Gasteiger partial charge is 0.410 e. The normalized spacial score (nSPS) is 19.1. The minimum Gasteiger partial charge on any atom is -0.495 e. The summed E-state index contributed by atoms with van der Waals surface area (Å²) in [6, 6.07) is 5.84. The molecule has 6 nitrogen and oxygen atoms in total. The number of likely N-dealkylation sites (tertiary alicyclic amines) is 1. The van der Waals surface area contributed by atoms with E-state index in [9.17, 15) is 4.79 Å². The molecule has 6 heteroatoms. The summed E-state index contributed by atoms with van der Waals surface area (Å²) >= 11 is 0. The largest absolute Gasteiger partial charge is 0.495 e. The summed E-state index contributed by atoms with van der Waals surface area (Å²) in [5.41, 5.74) is 7.38. The highest BCUT2D eigenvalue weighted by Gasteiger charge is 2.54. The Kier molecular flexibility index (Phi) is 3.58. The molecule has 1 aromatic rings. The van der Waals surface area contributed by atoms with Crippen LogP contribution in [0.3, 0.4) is 0 Å². The SMILES string of the molecule is COc1cc(N2CC3(CN(C(=O)OC(C)(C)C)C3)C2)ccc1N. The molecule has 0 aromatic heterocycles. The second kappa shape index (κ2) is 5.22. The minimum absolute atomic E-state index is 0.212. The van der Waals surface area contributed by atoms with Crippen LogP contribution in [-0.2, 0) is 4.74 Å². The van der Waals surface area contributed by atoms with Gasteiger partial charge in [-0.15, -0.1) is 0 Å². The average Bonchev–Trinajstić information content (AvgIpc) is 2.35. The zero-order chi connectivity index (χ0) is 16.8. The Morgan fingerprint density at radius 3 is 2.43 bits per heavy atom. The lowest BCUT2D eigenvalue weighted by atomic mass is 9.73. The first-order valence-electron chi connectivity index (χ1n) is 7.88. The van der Waals surface area contributed by atoms with Crippen molar-refractivity contribution in [2.75, 3.05) is 43.9 Å². The van der Waals surface area contributed by atoms with E-state index in [0.29, 0.717) is 11.4 Å². The van der Waals surface area contributed by atoms with E-state index in [4.69, 9.17) is 15.2 Å². The lowest BCUT2D eigenvalue weighted by Crippen LogP contribution is -2.73. The molecule has 2 aliphatic rings. The third kappa shape index (κ3) is 3.02. The number of methoxy groups -OCH3 is 1. The summed E-state index contributed by atoms with van der Waals surface area (Å²) < 4.78 is 10.7. The fraction of sp³-hybridized carbons (Fsp3) is 0.588. The van der Waals surface area contributed by atoms with Gasteiger partial charge in [-0.2, -0.15) is 0 Å². The highest BCUT2D eigenvalue weighted by molar-refractivity contribution is 5.70. The minimum atomic E-state index is -0.438. The molecule has 0 bridgehead atoms. The molecule has 0 saturated carbocycles. The number of rotatable bonds is 2. The van der Waals surface area contributed by atoms with Crippen molar-refractivity contribution >= 4 is 17.5 Å². The predicted molar refractivity (Wildman–Crippen MR) is 89.9 cm³/mol. The number of nitrogen functional groups attached to an aromatic ring is 1. The molecule has 2 fully saturated rings. The van der Waals surface area contributed by atoms with Gasteiger partial charge in [0, 0.05) is 43.3 Å². The average molecular weight is 319 g/mol. The van der Waals surface area contributed by atoms with Crippen LogP contribution in [0.2, 0.25) is 0 Å². The van der Waals surface area contributed by atoms with E-state index in [1.807, 2.05) is 39.0 Å². The van der Waals surface area contributed by atoms with Gasteiger partial charge < -0.3 is 25.0 Å². The third-order valence-corrected chi connectivity index (χ3v) is 4.34. The van der Waals surface area contributed by atoms with Gasteiger partial charge in [-0.05, 0) is 32.9 Å². The quantitative estimate of drug-likeness (QED) is 0.847. The zero-order valence-corrected chi connectivity index (χ0v) is 14.3. The Balaban J connectivity index is 1.54. The standard InChI is InChI=1S/C17H25N3O3/c1-16(2,3)23-15(21)20-10-17(11-20)8-19(9-17)12-5-6-13(18)14(7-12)22-4/h5-7H,8-11,18H2,1-4H3. The Bertz CT molecular complexity index is 610. The number of amides is 1. The highest BCUT2D eigenvalue weighted by atomic mass is 16.6. The van der Waals surface area contributed by atoms with Crippen LogP contribution in [0.25, 0.3) is 0 Å². The van der Waals surface area contributed by atoms with Crippen molar-refractivity contribution in [2.45, 2.75) is 26.4 Å². The molecule has 3 rings (SSSR count). The Morgan fingerprint density at radius 2 is 1.87 bits per heavy atom. The maximum absolute atomic E-state index is 12.0. The predicted octanol–water partition coefficient (Wildman–Crippen LogP) is 2.33. The molecule has 126 valence electrons. The summed E-state index contributed by atoms with van der Waals surface area (Å²) in [5, 5.41) is 0. The maximum atomic E-state index is 12.0. The van der Waals surface area contributed by atoms with Gasteiger partial charge in [0.25, 0.3) is 0 Å². The molecule has 2 N–H and O–H groups in total. The summed E-state index contributed by atoms with van der Waals surface area (Å²) in [6.07, 6.45) is -0.212. The molecular weight excluding hydrogens is 294 g/mol. The second-order valence-electron chi connectivity index (χ2n) is 7.62. The molecule has 2 saturated heterocycles. The van der Waals surface area contributed by atoms with Crippen LogP contribution >= 0.6 is 0 Å². The van der Waals surface area contributed by atoms with Crippen LogP contribution in [0, 0.1) is 5.41 Å². The maximum Gasteiger partial charge on any atom is 0.410 e. The highest BCUT2D eigenvalue weighted by Crippen LogP contribution is 2.43. The van der Waals surface area contributed by atoms with Gasteiger partial charge in [0.05, 0.1) is 12.8 Å². The first kappa shape index (κ1) is 15.8. The van der Waals surface area contributed by atoms with Gasteiger partial charge in [0.2, 0.25) is 0 Å². The van der Waals surface area contributed by atoms with E-state index in [-0.39, 0.29) is 11.5 Å². The van der Waals surface area contributed by atoms with Crippen molar-refractivity contribution in [1.82, 2.24) is 4.90 Å². The number of nitrogens with two attached hydrogens (primary N) is 1. The van der Waals surface area contributed by atoms with Crippen molar-refractivity contribution < 1.29 is 14.3 Å². The van der Waals surface area contributed by atoms with E-state index < -0.39 is 5.60 Å². The van der Waals surface area contributed by atoms with Gasteiger partial charge in [-0.1, -0.05) is 0 Å². The molecule has 1 aromatic carbocycles. The summed E-state index contributed by atoms with van der Waals surface area (Å²) in [7, 11) is 1.62. The van der Waals surface area contributed by atoms with Crippen LogP contribution in [0.4, 0.5) is 16.2 Å². The van der Waals surface area contributed by atoms with Crippen LogP contribution in [0.1, 0.15) is 20.8 Å². The lowest BCUT2D eigenvalue weighted by molar-refractivity contribution is -0.0453. The number of nitrogens with zero attached hydrogens (tertiary/aromatic N) is 2. The molecule has 1 amide bonds. The van der Waals surface area contributed by atoms with Crippen molar-refractivity contribution in [3.63, 3.8) is 0 Å². The number of carbonyl (C=O) groups is 1. The van der Waals surface area contributed by atoms with Crippen molar-refractivity contribution in [2.24, 2.45) is 5.41 Å². The molecule has 0 unspecified atom stereocenters. The summed E-state index contributed by atoms with van der Waals surface area (Å²) in [5.74, 6) is 0.701. The molecular formula is C17H25N3O3. The van der Waals surface area contributed by atoms with Crippen LogP contribution in [0.5, 0.6) is 5.75 Å². The Hall–Kier alpha value is -2.11. The number of benzene rings is 1. The number of ether oxygens (including phenoxy) is 2. The fourth-order valence-corrected chi connectivity index (χ4v) is 3.26. The summed E-state index contributed by atoms with van der Waals surface area (Å²) in [4.78, 5) is 16.1. The van der Waals surface area contributed by atoms with Gasteiger partial charge >= 0.3 is 6.09 Å². The Labute approximate surface area is 137 Å². The third-order valence-electron chi connectivity index (χ3n) is 4.34. The van der Waals surface area contributed by atoms with E-state index in [1.54, 1.807) is 12.0 Å². The number of hydrogen-bond donors (Lipinski definition) is 1. The van der Waals surface area contributed by atoms with E-state index in [2.05, 4.69) is 4.90 Å². The van der Waals surface area contributed by atoms with Crippen LogP contribution in [0.15, 0.2) is 18.2 Å². The first-order valence-corrected chi connectivity index (χ1v) is 7.88. The molecule has 0 radical (unpaired) electrons. The van der Waals surface area contributed by atoms with E-state index in [0.717, 1.165) is 31.9 Å². The van der Waals surface area contributed by atoms with Crippen LogP contribution < -0.4 is 15.4 Å². The van der Waals surface area contributed by atoms with Gasteiger partial charge in [0.15, 0.2) is 0 Å². The molecule has 1 spiro atoms. The lowest BCUT2D eigenvalue weighted by Gasteiger charge is -2.60. The van der Waals surface area contributed by atoms with Crippen molar-refractivity contribution in [3.05, 3.63) is 18.2 Å². The molecule has 0 aliphatic carbocycles. The number of anilines is 2.